The minimum absolute atomic E-state index is 0.801. The maximum Gasteiger partial charge on any atom is 0.168 e. The summed E-state index contributed by atoms with van der Waals surface area (Å²) in [5.74, 6) is 1.60. The normalized spacial score (nSPS) is 11.9. The number of benzene rings is 7. The molecular formula is C45H28N6. The Balaban J connectivity index is 1.16. The number of para-hydroxylation sites is 4. The molecule has 6 heteroatoms. The first-order valence-electron chi connectivity index (χ1n) is 17.1. The fourth-order valence-corrected chi connectivity index (χ4v) is 7.96. The summed E-state index contributed by atoms with van der Waals surface area (Å²) in [7, 11) is 0. The fourth-order valence-electron chi connectivity index (χ4n) is 7.96. The Morgan fingerprint density at radius 1 is 0.353 bits per heavy atom. The van der Waals surface area contributed by atoms with Crippen LogP contribution in [0, 0.1) is 0 Å². The van der Waals surface area contributed by atoms with Crippen molar-refractivity contribution in [2.24, 2.45) is 0 Å². The summed E-state index contributed by atoms with van der Waals surface area (Å²) >= 11 is 0. The van der Waals surface area contributed by atoms with Crippen molar-refractivity contribution >= 4 is 60.2 Å². The summed E-state index contributed by atoms with van der Waals surface area (Å²) < 4.78 is 6.85. The lowest BCUT2D eigenvalue weighted by Gasteiger charge is -2.14. The lowest BCUT2D eigenvalue weighted by molar-refractivity contribution is 1.07. The second kappa shape index (κ2) is 10.7. The maximum atomic E-state index is 5.18. The second-order valence-electron chi connectivity index (χ2n) is 12.9. The van der Waals surface area contributed by atoms with Crippen molar-refractivity contribution in [1.29, 1.82) is 0 Å². The molecular weight excluding hydrogens is 625 g/mol. The molecule has 238 valence electrons. The van der Waals surface area contributed by atoms with Crippen LogP contribution in [0.4, 0.5) is 0 Å². The molecule has 0 aliphatic heterocycles. The first-order valence-corrected chi connectivity index (χ1v) is 17.1. The molecule has 51 heavy (non-hydrogen) atoms. The molecule has 11 aromatic rings. The molecule has 4 heterocycles. The van der Waals surface area contributed by atoms with Gasteiger partial charge in [0.25, 0.3) is 0 Å². The van der Waals surface area contributed by atoms with Crippen LogP contribution in [-0.4, -0.2) is 28.7 Å². The SMILES string of the molecule is c1ccc(-c2nnc(-c3ccccc3)n2-c2ccc(-n3c4ccccc4c4c5c6ccccc6n6c7ccccc7nc6c5ccc43)cc2)cc1. The first kappa shape index (κ1) is 27.9. The number of hydrogen-bond acceptors (Lipinski definition) is 3. The molecule has 0 spiro atoms. The molecule has 0 aliphatic rings. The van der Waals surface area contributed by atoms with Crippen molar-refractivity contribution in [2.45, 2.75) is 0 Å². The zero-order valence-electron chi connectivity index (χ0n) is 27.3. The lowest BCUT2D eigenvalue weighted by Crippen LogP contribution is -2.01. The van der Waals surface area contributed by atoms with Crippen molar-refractivity contribution in [3.05, 3.63) is 170 Å². The van der Waals surface area contributed by atoms with E-state index >= 15 is 0 Å². The van der Waals surface area contributed by atoms with Gasteiger partial charge in [0.15, 0.2) is 11.6 Å². The molecule has 0 radical (unpaired) electrons. The number of nitrogens with zero attached hydrogens (tertiary/aromatic N) is 6. The fraction of sp³-hybridized carbons (Fsp3) is 0. The zero-order valence-corrected chi connectivity index (χ0v) is 27.3. The van der Waals surface area contributed by atoms with E-state index in [1.54, 1.807) is 0 Å². The third kappa shape index (κ3) is 4.01. The van der Waals surface area contributed by atoms with E-state index < -0.39 is 0 Å². The number of pyridine rings is 1. The Hall–Kier alpha value is -7.05. The summed E-state index contributed by atoms with van der Waals surface area (Å²) in [4.78, 5) is 5.18. The van der Waals surface area contributed by atoms with Gasteiger partial charge in [0, 0.05) is 49.4 Å². The average molecular weight is 653 g/mol. The number of aromatic nitrogens is 6. The summed E-state index contributed by atoms with van der Waals surface area (Å²) in [5.41, 5.74) is 10.7. The van der Waals surface area contributed by atoms with E-state index in [4.69, 9.17) is 4.98 Å². The molecule has 0 amide bonds. The molecule has 0 fully saturated rings. The summed E-state index contributed by atoms with van der Waals surface area (Å²) in [6.45, 7) is 0. The summed E-state index contributed by atoms with van der Waals surface area (Å²) in [6.07, 6.45) is 0. The van der Waals surface area contributed by atoms with Gasteiger partial charge in [-0.2, -0.15) is 0 Å². The number of hydrogen-bond donors (Lipinski definition) is 0. The van der Waals surface area contributed by atoms with E-state index in [1.165, 1.54) is 21.5 Å². The molecule has 4 aromatic heterocycles. The van der Waals surface area contributed by atoms with Gasteiger partial charge in [-0.1, -0.05) is 109 Å². The Morgan fingerprint density at radius 3 is 1.55 bits per heavy atom. The third-order valence-corrected chi connectivity index (χ3v) is 10.1. The van der Waals surface area contributed by atoms with Gasteiger partial charge in [0.2, 0.25) is 0 Å². The molecule has 0 atom stereocenters. The average Bonchev–Trinajstić information content (AvgIpc) is 3.91. The molecule has 0 bridgehead atoms. The Labute approximate surface area is 292 Å². The van der Waals surface area contributed by atoms with Gasteiger partial charge >= 0.3 is 0 Å². The van der Waals surface area contributed by atoms with Crippen LogP contribution >= 0.6 is 0 Å². The minimum atomic E-state index is 0.801. The van der Waals surface area contributed by atoms with Crippen LogP contribution in [0.3, 0.4) is 0 Å². The Bertz CT molecular complexity index is 3060. The quantitative estimate of drug-likeness (QED) is 0.178. The highest BCUT2D eigenvalue weighted by Gasteiger charge is 2.21. The van der Waals surface area contributed by atoms with Gasteiger partial charge < -0.3 is 4.57 Å². The predicted molar refractivity (Wildman–Crippen MR) is 208 cm³/mol. The largest absolute Gasteiger partial charge is 0.309 e. The zero-order chi connectivity index (χ0) is 33.5. The molecule has 0 N–H and O–H groups in total. The van der Waals surface area contributed by atoms with E-state index in [0.29, 0.717) is 0 Å². The van der Waals surface area contributed by atoms with Crippen molar-refractivity contribution in [2.75, 3.05) is 0 Å². The molecule has 6 nitrogen and oxygen atoms in total. The van der Waals surface area contributed by atoms with Gasteiger partial charge in [0.1, 0.15) is 5.65 Å². The van der Waals surface area contributed by atoms with Crippen LogP contribution in [-0.2, 0) is 0 Å². The molecule has 11 rings (SSSR count). The molecule has 7 aromatic carbocycles. The van der Waals surface area contributed by atoms with Gasteiger partial charge in [-0.3, -0.25) is 8.97 Å². The van der Waals surface area contributed by atoms with E-state index in [-0.39, 0.29) is 0 Å². The number of imidazole rings is 1. The predicted octanol–water partition coefficient (Wildman–Crippen LogP) is 10.8. The molecule has 0 saturated heterocycles. The van der Waals surface area contributed by atoms with Crippen molar-refractivity contribution < 1.29 is 0 Å². The minimum Gasteiger partial charge on any atom is -0.309 e. The molecule has 0 saturated carbocycles. The smallest absolute Gasteiger partial charge is 0.168 e. The highest BCUT2D eigenvalue weighted by Crippen LogP contribution is 2.42. The second-order valence-corrected chi connectivity index (χ2v) is 12.9. The standard InChI is InChI=1S/C45H28N6/c1-3-13-29(14-4-1)43-47-48-44(30-15-5-2-6-16-30)50(43)32-25-23-31(24-26-32)49-37-20-10-8-18-34(37)42-40(49)28-27-35-41(42)33-17-7-11-21-38(33)51-39-22-12-9-19-36(39)46-45(35)51/h1-28H. The third-order valence-electron chi connectivity index (χ3n) is 10.1. The van der Waals surface area contributed by atoms with E-state index in [1.807, 2.05) is 36.4 Å². The van der Waals surface area contributed by atoms with Gasteiger partial charge in [0.05, 0.1) is 27.6 Å². The van der Waals surface area contributed by atoms with Gasteiger partial charge in [-0.15, -0.1) is 10.2 Å². The van der Waals surface area contributed by atoms with Crippen LogP contribution in [0.2, 0.25) is 0 Å². The Morgan fingerprint density at radius 2 is 0.882 bits per heavy atom. The van der Waals surface area contributed by atoms with Crippen molar-refractivity contribution in [3.63, 3.8) is 0 Å². The first-order chi connectivity index (χ1) is 25.3. The van der Waals surface area contributed by atoms with E-state index in [9.17, 15) is 0 Å². The highest BCUT2D eigenvalue weighted by atomic mass is 15.3. The van der Waals surface area contributed by atoms with Gasteiger partial charge in [-0.05, 0) is 60.7 Å². The van der Waals surface area contributed by atoms with Crippen LogP contribution in [0.15, 0.2) is 170 Å². The lowest BCUT2D eigenvalue weighted by atomic mass is 10.00. The van der Waals surface area contributed by atoms with E-state index in [2.05, 4.69) is 157 Å². The van der Waals surface area contributed by atoms with E-state index in [0.717, 1.165) is 72.8 Å². The Kier molecular flexibility index (Phi) is 5.86. The monoisotopic (exact) mass is 652 g/mol. The molecule has 0 aliphatic carbocycles. The van der Waals surface area contributed by atoms with Crippen LogP contribution < -0.4 is 0 Å². The summed E-state index contributed by atoms with van der Waals surface area (Å²) in [5, 5.41) is 15.4. The highest BCUT2D eigenvalue weighted by molar-refractivity contribution is 6.30. The van der Waals surface area contributed by atoms with Crippen LogP contribution in [0.25, 0.3) is 94.3 Å². The topological polar surface area (TPSA) is 52.9 Å². The van der Waals surface area contributed by atoms with Crippen molar-refractivity contribution in [1.82, 2.24) is 28.7 Å². The summed E-state index contributed by atoms with van der Waals surface area (Å²) in [6, 6.07) is 59.7. The van der Waals surface area contributed by atoms with Crippen LogP contribution in [0.1, 0.15) is 0 Å². The van der Waals surface area contributed by atoms with Crippen molar-refractivity contribution in [3.8, 4) is 34.2 Å². The number of rotatable bonds is 4. The molecule has 0 unspecified atom stereocenters. The van der Waals surface area contributed by atoms with Crippen LogP contribution in [0.5, 0.6) is 0 Å². The number of fused-ring (bicyclic) bond motifs is 12. The maximum absolute atomic E-state index is 5.18. The van der Waals surface area contributed by atoms with Gasteiger partial charge in [-0.25, -0.2) is 4.98 Å².